The van der Waals surface area contributed by atoms with Crippen LogP contribution in [-0.2, 0) is 43.0 Å². The SMILES string of the molecule is COC1CCC2(CC1)Cc1ccc(C#CC3CC3)cc1C21N=C(N)N(C)C1=O.COC1CCC2(CC1)Cc1ccc(C#CC3CC3)cc1C21N=C(SC)N(C)C1=O.I.N. The zero-order valence-corrected chi connectivity index (χ0v) is 38.3. The van der Waals surface area contributed by atoms with Crippen molar-refractivity contribution >= 4 is 58.7 Å². The summed E-state index contributed by atoms with van der Waals surface area (Å²) >= 11 is 1.56. The smallest absolute Gasteiger partial charge is 0.262 e. The molecule has 4 saturated carbocycles. The highest BCUT2D eigenvalue weighted by Crippen LogP contribution is 2.63. The number of thioether (sulfide) groups is 1. The molecule has 314 valence electrons. The zero-order valence-electron chi connectivity index (χ0n) is 35.2. The third-order valence-electron chi connectivity index (χ3n) is 14.6. The Kier molecular flexibility index (Phi) is 12.2. The van der Waals surface area contributed by atoms with Gasteiger partial charge in [-0.3, -0.25) is 19.4 Å². The monoisotopic (exact) mass is 930 g/mol. The second-order valence-electron chi connectivity index (χ2n) is 17.8. The molecule has 10 rings (SSSR count). The Morgan fingerprint density at radius 2 is 1.12 bits per heavy atom. The number of amidine groups is 1. The lowest BCUT2D eigenvalue weighted by atomic mass is 9.61. The highest BCUT2D eigenvalue weighted by Gasteiger charge is 2.67. The predicted octanol–water partition coefficient (Wildman–Crippen LogP) is 7.31. The largest absolute Gasteiger partial charge is 0.381 e. The van der Waals surface area contributed by atoms with Crippen molar-refractivity contribution in [2.24, 2.45) is 38.4 Å². The Labute approximate surface area is 371 Å². The number of nitrogens with zero attached hydrogens (tertiary/aromatic N) is 4. The van der Waals surface area contributed by atoms with Gasteiger partial charge in [-0.15, -0.1) is 24.0 Å². The standard InChI is InChI=1S/C24H28N2O2S.C23H27N3O2.HI.H3N/c1-26-21(27)24(25-22(26)29-3)20-14-17(7-6-16-4-5-16)8-9-18(20)15-23(24)12-10-19(28-2)11-13-23;1-26-20(27)23(25-21(26)24)19-13-16(6-5-15-3-4-15)7-8-17(19)14-22(23)11-9-18(28-2)10-12-22;;/h8-9,14,16,19H,4-5,10-13,15H2,1-3H3;7-8,13,15,18H,3-4,9-12,14H2,1-2H3,(H2,24,25);1H;1H3. The fraction of sp³-hybridized carbons (Fsp3) is 0.574. The summed E-state index contributed by atoms with van der Waals surface area (Å²) in [6, 6.07) is 12.9. The molecule has 5 N–H and O–H groups in total. The summed E-state index contributed by atoms with van der Waals surface area (Å²) in [5.41, 5.74) is 10.7. The molecule has 59 heavy (non-hydrogen) atoms. The summed E-state index contributed by atoms with van der Waals surface area (Å²) in [7, 11) is 7.18. The van der Waals surface area contributed by atoms with Crippen LogP contribution in [0.2, 0.25) is 0 Å². The molecule has 2 atom stereocenters. The van der Waals surface area contributed by atoms with Crippen LogP contribution in [0.15, 0.2) is 46.4 Å². The maximum Gasteiger partial charge on any atom is 0.262 e. The highest BCUT2D eigenvalue weighted by atomic mass is 127. The number of carbonyl (C=O) groups is 2. The van der Waals surface area contributed by atoms with Crippen molar-refractivity contribution in [2.45, 2.75) is 113 Å². The minimum Gasteiger partial charge on any atom is -0.381 e. The van der Waals surface area contributed by atoms with Crippen LogP contribution in [0.3, 0.4) is 0 Å². The van der Waals surface area contributed by atoms with Gasteiger partial charge in [-0.25, -0.2) is 9.98 Å². The van der Waals surface area contributed by atoms with Crippen molar-refractivity contribution in [2.75, 3.05) is 34.6 Å². The molecule has 0 radical (unpaired) electrons. The second-order valence-corrected chi connectivity index (χ2v) is 18.6. The molecule has 6 aliphatic carbocycles. The van der Waals surface area contributed by atoms with E-state index in [0.717, 1.165) is 91.6 Å². The number of ether oxygens (including phenoxy) is 2. The lowest BCUT2D eigenvalue weighted by molar-refractivity contribution is -0.138. The van der Waals surface area contributed by atoms with Crippen LogP contribution in [0, 0.1) is 46.3 Å². The highest BCUT2D eigenvalue weighted by molar-refractivity contribution is 14.0. The normalized spacial score (nSPS) is 32.3. The van der Waals surface area contributed by atoms with Gasteiger partial charge in [-0.1, -0.05) is 47.6 Å². The third-order valence-corrected chi connectivity index (χ3v) is 15.4. The Hall–Kier alpha value is -3.40. The molecule has 10 nitrogen and oxygen atoms in total. The number of rotatable bonds is 2. The van der Waals surface area contributed by atoms with E-state index in [1.807, 2.05) is 13.3 Å². The van der Waals surface area contributed by atoms with E-state index in [4.69, 9.17) is 25.2 Å². The maximum atomic E-state index is 13.8. The molecular formula is C47H59IN6O4S. The number of hydrogen-bond acceptors (Lipinski definition) is 9. The minimum absolute atomic E-state index is 0. The average Bonchev–Trinajstić information content (AvgIpc) is 4.17. The lowest BCUT2D eigenvalue weighted by Crippen LogP contribution is -2.51. The number of hydrogen-bond donors (Lipinski definition) is 2. The van der Waals surface area contributed by atoms with E-state index >= 15 is 0 Å². The van der Waals surface area contributed by atoms with Gasteiger partial charge in [-0.05, 0) is 143 Å². The minimum atomic E-state index is -0.906. The topological polar surface area (TPSA) is 145 Å². The van der Waals surface area contributed by atoms with Crippen LogP contribution in [0.4, 0.5) is 0 Å². The Bertz CT molecular complexity index is 2200. The molecule has 0 aromatic heterocycles. The quantitative estimate of drug-likeness (QED) is 0.238. The van der Waals surface area contributed by atoms with E-state index in [1.165, 1.54) is 41.7 Å². The Balaban J connectivity index is 0.000000173. The maximum absolute atomic E-state index is 13.8. The van der Waals surface area contributed by atoms with Gasteiger partial charge in [0.15, 0.2) is 22.2 Å². The van der Waals surface area contributed by atoms with Crippen LogP contribution < -0.4 is 11.9 Å². The van der Waals surface area contributed by atoms with E-state index in [-0.39, 0.29) is 58.9 Å². The number of nitrogens with two attached hydrogens (primary N) is 1. The molecule has 2 aliphatic heterocycles. The molecule has 2 aromatic rings. The summed E-state index contributed by atoms with van der Waals surface area (Å²) in [4.78, 5) is 40.7. The summed E-state index contributed by atoms with van der Waals surface area (Å²) in [5.74, 6) is 14.9. The van der Waals surface area contributed by atoms with Gasteiger partial charge in [0.2, 0.25) is 0 Å². The van der Waals surface area contributed by atoms with Gasteiger partial charge >= 0.3 is 0 Å². The van der Waals surface area contributed by atoms with E-state index in [1.54, 1.807) is 37.9 Å². The van der Waals surface area contributed by atoms with Gasteiger partial charge in [0.05, 0.1) is 12.2 Å². The summed E-state index contributed by atoms with van der Waals surface area (Å²) in [5, 5.41) is 0.825. The molecule has 2 heterocycles. The van der Waals surface area contributed by atoms with Crippen LogP contribution in [0.5, 0.6) is 0 Å². The molecule has 0 bridgehead atoms. The van der Waals surface area contributed by atoms with Gasteiger partial charge in [0, 0.05) is 62.1 Å². The van der Waals surface area contributed by atoms with Gasteiger partial charge in [0.1, 0.15) is 0 Å². The van der Waals surface area contributed by atoms with E-state index in [9.17, 15) is 9.59 Å². The first-order chi connectivity index (χ1) is 27.5. The van der Waals surface area contributed by atoms with Gasteiger partial charge < -0.3 is 21.4 Å². The summed E-state index contributed by atoms with van der Waals surface area (Å²) in [6.45, 7) is 0. The molecule has 2 unspecified atom stereocenters. The molecule has 2 amide bonds. The Morgan fingerprint density at radius 1 is 0.695 bits per heavy atom. The molecule has 4 spiro atoms. The fourth-order valence-corrected chi connectivity index (χ4v) is 11.6. The van der Waals surface area contributed by atoms with Crippen molar-refractivity contribution in [3.8, 4) is 23.7 Å². The predicted molar refractivity (Wildman–Crippen MR) is 245 cm³/mol. The lowest BCUT2D eigenvalue weighted by Gasteiger charge is -2.45. The van der Waals surface area contributed by atoms with Crippen LogP contribution in [0.1, 0.15) is 110 Å². The molecule has 0 saturated heterocycles. The molecule has 2 aromatic carbocycles. The number of halogens is 1. The zero-order chi connectivity index (χ0) is 39.7. The van der Waals surface area contributed by atoms with Crippen molar-refractivity contribution in [1.82, 2.24) is 16.0 Å². The first kappa shape index (κ1) is 43.7. The summed E-state index contributed by atoms with van der Waals surface area (Å²) in [6.07, 6.45) is 16.8. The number of benzene rings is 2. The van der Waals surface area contributed by atoms with E-state index in [0.29, 0.717) is 23.9 Å². The fourth-order valence-electron chi connectivity index (χ4n) is 11.0. The number of amides is 2. The molecule has 4 fully saturated rings. The Morgan fingerprint density at radius 3 is 1.47 bits per heavy atom. The van der Waals surface area contributed by atoms with Crippen molar-refractivity contribution in [1.29, 1.82) is 0 Å². The van der Waals surface area contributed by atoms with Crippen LogP contribution in [0.25, 0.3) is 0 Å². The first-order valence-corrected chi connectivity index (χ1v) is 22.2. The van der Waals surface area contributed by atoms with Crippen LogP contribution >= 0.6 is 35.7 Å². The number of fused-ring (bicyclic) bond motifs is 6. The number of aliphatic imine (C=N–C) groups is 2. The number of carbonyl (C=O) groups excluding carboxylic acids is 2. The first-order valence-electron chi connectivity index (χ1n) is 20.9. The van der Waals surface area contributed by atoms with Crippen molar-refractivity contribution in [3.63, 3.8) is 0 Å². The molecular weight excluding hydrogens is 872 g/mol. The number of methoxy groups -OCH3 is 2. The number of likely N-dealkylation sites (N-methyl/N-ethyl adjacent to an activating group) is 2. The van der Waals surface area contributed by atoms with Crippen LogP contribution in [-0.4, -0.2) is 79.5 Å². The average molecular weight is 931 g/mol. The number of guanidine groups is 1. The second kappa shape index (κ2) is 16.5. The molecule has 8 aliphatic rings. The van der Waals surface area contributed by atoms with Gasteiger partial charge in [0.25, 0.3) is 11.8 Å². The van der Waals surface area contributed by atoms with Crippen molar-refractivity contribution < 1.29 is 19.1 Å². The van der Waals surface area contributed by atoms with Gasteiger partial charge in [-0.2, -0.15) is 0 Å². The molecule has 12 heteroatoms. The van der Waals surface area contributed by atoms with Crippen molar-refractivity contribution in [3.05, 3.63) is 69.8 Å². The van der Waals surface area contributed by atoms with E-state index in [2.05, 4.69) is 60.1 Å². The van der Waals surface area contributed by atoms with E-state index < -0.39 is 11.1 Å². The third kappa shape index (κ3) is 7.03. The summed E-state index contributed by atoms with van der Waals surface area (Å²) < 4.78 is 11.2.